The molecule has 0 aromatic carbocycles. The van der Waals surface area contributed by atoms with E-state index in [0.717, 1.165) is 5.69 Å². The van der Waals surface area contributed by atoms with Crippen molar-refractivity contribution in [3.8, 4) is 30.1 Å². The monoisotopic (exact) mass is 493 g/mol. The Bertz CT molecular complexity index is 1070. The van der Waals surface area contributed by atoms with Crippen LogP contribution in [0.3, 0.4) is 0 Å². The van der Waals surface area contributed by atoms with Crippen molar-refractivity contribution in [1.29, 1.82) is 0 Å². The van der Waals surface area contributed by atoms with Crippen LogP contribution in [0.15, 0.2) is 60.8 Å². The molecule has 0 bridgehead atoms. The second-order valence-corrected chi connectivity index (χ2v) is 12.1. The van der Waals surface area contributed by atoms with Gasteiger partial charge < -0.3 is 0 Å². The minimum absolute atomic E-state index is 1.06. The summed E-state index contributed by atoms with van der Waals surface area (Å²) in [6, 6.07) is 19.7. The van der Waals surface area contributed by atoms with Crippen LogP contribution in [0.4, 0.5) is 0 Å². The van der Waals surface area contributed by atoms with E-state index in [1.165, 1.54) is 99.9 Å². The number of aromatic nitrogens is 1. The molecular weight excluding hydrogens is 459 g/mol. The number of unbranched alkanes of at least 4 members (excludes halogenated alkanes) is 9. The summed E-state index contributed by atoms with van der Waals surface area (Å²) < 4.78 is 0. The van der Waals surface area contributed by atoms with Gasteiger partial charge in [0, 0.05) is 30.6 Å². The van der Waals surface area contributed by atoms with Gasteiger partial charge in [0.25, 0.3) is 0 Å². The number of aryl methyl sites for hydroxylation is 1. The van der Waals surface area contributed by atoms with Crippen LogP contribution < -0.4 is 0 Å². The number of nitrogens with zero attached hydrogens (tertiary/aromatic N) is 1. The summed E-state index contributed by atoms with van der Waals surface area (Å²) in [5, 5.41) is 0. The minimum atomic E-state index is 1.06. The highest BCUT2D eigenvalue weighted by Crippen LogP contribution is 2.41. The Morgan fingerprint density at radius 1 is 0.545 bits per heavy atom. The Morgan fingerprint density at radius 2 is 1.09 bits per heavy atom. The van der Waals surface area contributed by atoms with Gasteiger partial charge in [0.15, 0.2) is 0 Å². The topological polar surface area (TPSA) is 12.9 Å². The summed E-state index contributed by atoms with van der Waals surface area (Å²) >= 11 is 5.71. The van der Waals surface area contributed by atoms with Crippen molar-refractivity contribution in [2.75, 3.05) is 0 Å². The molecule has 0 amide bonds. The Labute approximate surface area is 211 Å². The van der Waals surface area contributed by atoms with Crippen molar-refractivity contribution >= 4 is 34.0 Å². The van der Waals surface area contributed by atoms with E-state index in [1.807, 2.05) is 46.3 Å². The lowest BCUT2D eigenvalue weighted by atomic mass is 10.1. The van der Waals surface area contributed by atoms with E-state index >= 15 is 0 Å². The van der Waals surface area contributed by atoms with E-state index in [9.17, 15) is 0 Å². The summed E-state index contributed by atoms with van der Waals surface area (Å²) in [6.45, 7) is 2.29. The molecule has 1 nitrogen and oxygen atoms in total. The number of rotatable bonds is 14. The number of hydrogen-bond donors (Lipinski definition) is 0. The SMILES string of the molecule is CCCCCCCCCCCCc1ccc(-c2ccc(-c3ccc(-c4ccccn4)s3)s2)s1. The van der Waals surface area contributed by atoms with Crippen molar-refractivity contribution < 1.29 is 0 Å². The molecule has 0 aliphatic carbocycles. The zero-order chi connectivity index (χ0) is 22.7. The van der Waals surface area contributed by atoms with Crippen molar-refractivity contribution in [2.45, 2.75) is 77.6 Å². The lowest BCUT2D eigenvalue weighted by molar-refractivity contribution is 0.557. The molecule has 4 aromatic rings. The third-order valence-electron chi connectivity index (χ3n) is 6.05. The first kappa shape index (κ1) is 24.4. The van der Waals surface area contributed by atoms with Crippen molar-refractivity contribution in [3.05, 3.63) is 65.7 Å². The number of hydrogen-bond acceptors (Lipinski definition) is 4. The van der Waals surface area contributed by atoms with E-state index in [1.54, 1.807) is 0 Å². The molecule has 4 rings (SSSR count). The zero-order valence-electron chi connectivity index (χ0n) is 19.7. The van der Waals surface area contributed by atoms with Gasteiger partial charge >= 0.3 is 0 Å². The molecule has 0 spiro atoms. The largest absolute Gasteiger partial charge is 0.255 e. The molecule has 0 fully saturated rings. The molecule has 0 saturated heterocycles. The lowest BCUT2D eigenvalue weighted by Gasteiger charge is -2.02. The molecule has 4 heteroatoms. The van der Waals surface area contributed by atoms with Crippen LogP contribution in [0.25, 0.3) is 30.1 Å². The van der Waals surface area contributed by atoms with Crippen molar-refractivity contribution in [2.24, 2.45) is 0 Å². The standard InChI is InChI=1S/C29H35NS3/c1-2-3-4-5-6-7-8-9-10-11-14-23-16-17-26(31-23)27-20-21-29(33-27)28-19-18-25(32-28)24-15-12-13-22-30-24/h12-13,15-22H,2-11,14H2,1H3. The molecule has 0 unspecified atom stereocenters. The van der Waals surface area contributed by atoms with E-state index < -0.39 is 0 Å². The molecule has 174 valence electrons. The summed E-state index contributed by atoms with van der Waals surface area (Å²) in [7, 11) is 0. The van der Waals surface area contributed by atoms with Gasteiger partial charge in [0.05, 0.1) is 10.6 Å². The average molecular weight is 494 g/mol. The van der Waals surface area contributed by atoms with Gasteiger partial charge in [0.2, 0.25) is 0 Å². The van der Waals surface area contributed by atoms with E-state index in [0.29, 0.717) is 0 Å². The van der Waals surface area contributed by atoms with Crippen LogP contribution in [0.2, 0.25) is 0 Å². The summed E-state index contributed by atoms with van der Waals surface area (Å²) in [5.74, 6) is 0. The van der Waals surface area contributed by atoms with E-state index in [4.69, 9.17) is 0 Å². The van der Waals surface area contributed by atoms with Gasteiger partial charge in [-0.25, -0.2) is 0 Å². The van der Waals surface area contributed by atoms with Gasteiger partial charge in [-0.3, -0.25) is 4.98 Å². The first-order chi connectivity index (χ1) is 16.3. The highest BCUT2D eigenvalue weighted by atomic mass is 32.1. The van der Waals surface area contributed by atoms with Crippen LogP contribution in [0, 0.1) is 0 Å². The van der Waals surface area contributed by atoms with Crippen LogP contribution in [0.1, 0.15) is 76.0 Å². The van der Waals surface area contributed by atoms with E-state index in [-0.39, 0.29) is 0 Å². The highest BCUT2D eigenvalue weighted by Gasteiger charge is 2.11. The van der Waals surface area contributed by atoms with Crippen LogP contribution in [-0.4, -0.2) is 4.98 Å². The highest BCUT2D eigenvalue weighted by molar-refractivity contribution is 7.27. The first-order valence-electron chi connectivity index (χ1n) is 12.5. The predicted octanol–water partition coefficient (Wildman–Crippen LogP) is 10.7. The van der Waals surface area contributed by atoms with Crippen LogP contribution >= 0.6 is 34.0 Å². The fraction of sp³-hybridized carbons (Fsp3) is 0.414. The molecule has 0 aliphatic heterocycles. The molecule has 0 aliphatic rings. The smallest absolute Gasteiger partial charge is 0.0801 e. The summed E-state index contributed by atoms with van der Waals surface area (Å²) in [5.41, 5.74) is 1.06. The maximum atomic E-state index is 4.49. The maximum Gasteiger partial charge on any atom is 0.0801 e. The summed E-state index contributed by atoms with van der Waals surface area (Å²) in [6.07, 6.45) is 17.1. The third kappa shape index (κ3) is 7.37. The fourth-order valence-electron chi connectivity index (χ4n) is 4.15. The zero-order valence-corrected chi connectivity index (χ0v) is 22.2. The molecule has 4 heterocycles. The number of pyridine rings is 1. The van der Waals surface area contributed by atoms with Gasteiger partial charge in [-0.05, 0) is 61.4 Å². The van der Waals surface area contributed by atoms with Gasteiger partial charge in [-0.15, -0.1) is 34.0 Å². The Balaban J connectivity index is 1.22. The quantitative estimate of drug-likeness (QED) is 0.159. The molecule has 0 saturated carbocycles. The first-order valence-corrected chi connectivity index (χ1v) is 15.0. The Morgan fingerprint density at radius 3 is 1.73 bits per heavy atom. The van der Waals surface area contributed by atoms with Crippen LogP contribution in [-0.2, 0) is 6.42 Å². The second-order valence-electron chi connectivity index (χ2n) is 8.74. The summed E-state index contributed by atoms with van der Waals surface area (Å²) in [4.78, 5) is 12.7. The molecule has 0 atom stereocenters. The third-order valence-corrected chi connectivity index (χ3v) is 9.78. The predicted molar refractivity (Wildman–Crippen MR) is 150 cm³/mol. The minimum Gasteiger partial charge on any atom is -0.255 e. The lowest BCUT2D eigenvalue weighted by Crippen LogP contribution is -1.84. The van der Waals surface area contributed by atoms with Crippen LogP contribution in [0.5, 0.6) is 0 Å². The Kier molecular flexibility index (Phi) is 9.76. The molecule has 0 radical (unpaired) electrons. The van der Waals surface area contributed by atoms with E-state index in [2.05, 4.69) is 60.4 Å². The second kappa shape index (κ2) is 13.2. The number of thiophene rings is 3. The molecular formula is C29H35NS3. The maximum absolute atomic E-state index is 4.49. The molecule has 0 N–H and O–H groups in total. The normalized spacial score (nSPS) is 11.3. The van der Waals surface area contributed by atoms with Gasteiger partial charge in [-0.2, -0.15) is 0 Å². The van der Waals surface area contributed by atoms with Gasteiger partial charge in [-0.1, -0.05) is 70.8 Å². The van der Waals surface area contributed by atoms with Crippen molar-refractivity contribution in [1.82, 2.24) is 4.98 Å². The van der Waals surface area contributed by atoms with Gasteiger partial charge in [0.1, 0.15) is 0 Å². The molecule has 33 heavy (non-hydrogen) atoms. The van der Waals surface area contributed by atoms with Crippen molar-refractivity contribution in [3.63, 3.8) is 0 Å². The Hall–Kier alpha value is -1.75. The molecule has 4 aromatic heterocycles. The average Bonchev–Trinajstić information content (AvgIpc) is 3.61. The fourth-order valence-corrected chi connectivity index (χ4v) is 7.37.